The Bertz CT molecular complexity index is 370. The number of amides is 1. The molecule has 0 saturated carbocycles. The fourth-order valence-corrected chi connectivity index (χ4v) is 3.02. The molecule has 0 bridgehead atoms. The van der Waals surface area contributed by atoms with Crippen molar-refractivity contribution < 1.29 is 23.8 Å². The molecule has 1 heterocycles. The Morgan fingerprint density at radius 3 is 2.62 bits per heavy atom. The minimum absolute atomic E-state index is 0.0103. The number of carbonyl (C=O) groups is 2. The van der Waals surface area contributed by atoms with E-state index in [1.54, 1.807) is 0 Å². The number of carbonyl (C=O) groups excluding carboxylic acids is 2. The van der Waals surface area contributed by atoms with Crippen LogP contribution in [0.2, 0.25) is 0 Å². The monoisotopic (exact) mass is 456 g/mol. The van der Waals surface area contributed by atoms with Gasteiger partial charge in [0.25, 0.3) is 0 Å². The molecule has 1 saturated heterocycles. The van der Waals surface area contributed by atoms with Crippen molar-refractivity contribution in [1.82, 2.24) is 10.6 Å². The van der Waals surface area contributed by atoms with E-state index in [4.69, 9.17) is 14.2 Å². The molecule has 1 fully saturated rings. The van der Waals surface area contributed by atoms with Crippen LogP contribution in [-0.4, -0.2) is 67.5 Å². The fourth-order valence-electron chi connectivity index (χ4n) is 2.17. The zero-order chi connectivity index (χ0) is 17.8. The summed E-state index contributed by atoms with van der Waals surface area (Å²) in [5.74, 6) is -0.160. The zero-order valence-electron chi connectivity index (χ0n) is 14.5. The van der Waals surface area contributed by atoms with Gasteiger partial charge in [0, 0.05) is 19.0 Å². The molecule has 0 aliphatic carbocycles. The van der Waals surface area contributed by atoms with Crippen LogP contribution in [-0.2, 0) is 23.8 Å². The highest BCUT2D eigenvalue weighted by molar-refractivity contribution is 14.1. The minimum atomic E-state index is -0.160. The predicted molar refractivity (Wildman–Crippen MR) is 99.3 cm³/mol. The van der Waals surface area contributed by atoms with Crippen molar-refractivity contribution in [3.63, 3.8) is 0 Å². The van der Waals surface area contributed by atoms with Crippen LogP contribution in [0.25, 0.3) is 0 Å². The Morgan fingerprint density at radius 1 is 1.29 bits per heavy atom. The smallest absolute Gasteiger partial charge is 0.246 e. The lowest BCUT2D eigenvalue weighted by molar-refractivity contribution is -0.127. The summed E-state index contributed by atoms with van der Waals surface area (Å²) in [6.07, 6.45) is 2.92. The molecule has 8 heteroatoms. The van der Waals surface area contributed by atoms with Crippen molar-refractivity contribution in [2.75, 3.05) is 33.0 Å². The zero-order valence-corrected chi connectivity index (χ0v) is 16.6. The van der Waals surface area contributed by atoms with Crippen LogP contribution >= 0.6 is 22.6 Å². The first-order chi connectivity index (χ1) is 11.5. The Kier molecular flexibility index (Phi) is 11.8. The van der Waals surface area contributed by atoms with Crippen LogP contribution < -0.4 is 10.6 Å². The maximum Gasteiger partial charge on any atom is 0.246 e. The van der Waals surface area contributed by atoms with E-state index < -0.39 is 0 Å². The third kappa shape index (κ3) is 10.5. The third-order valence-corrected chi connectivity index (χ3v) is 4.46. The molecule has 3 atom stereocenters. The first-order valence-electron chi connectivity index (χ1n) is 8.46. The van der Waals surface area contributed by atoms with Gasteiger partial charge in [0.1, 0.15) is 23.1 Å². The molecule has 1 rings (SSSR count). The molecule has 1 aliphatic heterocycles. The second-order valence-corrected chi connectivity index (χ2v) is 7.22. The van der Waals surface area contributed by atoms with E-state index in [1.165, 1.54) is 0 Å². The van der Waals surface area contributed by atoms with E-state index >= 15 is 0 Å². The van der Waals surface area contributed by atoms with Crippen molar-refractivity contribution >= 4 is 34.8 Å². The van der Waals surface area contributed by atoms with E-state index in [9.17, 15) is 9.59 Å². The van der Waals surface area contributed by atoms with Gasteiger partial charge < -0.3 is 29.6 Å². The molecule has 0 aromatic carbocycles. The topological polar surface area (TPSA) is 89.2 Å². The molecule has 7 nitrogen and oxygen atoms in total. The maximum atomic E-state index is 11.9. The molecule has 2 N–H and O–H groups in total. The van der Waals surface area contributed by atoms with Gasteiger partial charge in [-0.1, -0.05) is 13.8 Å². The van der Waals surface area contributed by atoms with Gasteiger partial charge in [0.05, 0.1) is 25.9 Å². The predicted octanol–water partition coefficient (Wildman–Crippen LogP) is 1.03. The summed E-state index contributed by atoms with van der Waals surface area (Å²) in [6.45, 7) is 6.47. The highest BCUT2D eigenvalue weighted by atomic mass is 127. The number of hydrogen-bond acceptors (Lipinski definition) is 6. The average Bonchev–Trinajstić information content (AvgIpc) is 3.25. The lowest BCUT2D eigenvalue weighted by Gasteiger charge is -2.16. The number of hydrogen-bond donors (Lipinski definition) is 2. The summed E-state index contributed by atoms with van der Waals surface area (Å²) in [7, 11) is 0. The number of unbranched alkanes of at least 4 members (excludes halogenated alkanes) is 1. The van der Waals surface area contributed by atoms with Crippen LogP contribution in [0.5, 0.6) is 0 Å². The Balaban J connectivity index is 2.05. The van der Waals surface area contributed by atoms with Gasteiger partial charge in [-0.25, -0.2) is 0 Å². The number of alkyl halides is 1. The summed E-state index contributed by atoms with van der Waals surface area (Å²) in [6, 6.07) is 0.395. The van der Waals surface area contributed by atoms with Crippen molar-refractivity contribution in [2.24, 2.45) is 0 Å². The molecule has 0 aromatic heterocycles. The molecular formula is C16H29IN2O5. The Morgan fingerprint density at radius 2 is 2.00 bits per heavy atom. The minimum Gasteiger partial charge on any atom is -0.378 e. The van der Waals surface area contributed by atoms with Crippen molar-refractivity contribution in [3.8, 4) is 0 Å². The van der Waals surface area contributed by atoms with Gasteiger partial charge >= 0.3 is 0 Å². The first-order valence-corrected chi connectivity index (χ1v) is 9.70. The SMILES string of the molecule is CC(C)NCCOCCOCC(=O)NC(CCCC=O)C1OC1I. The highest BCUT2D eigenvalue weighted by Crippen LogP contribution is 2.32. The molecule has 0 radical (unpaired) electrons. The van der Waals surface area contributed by atoms with E-state index in [0.29, 0.717) is 32.3 Å². The van der Waals surface area contributed by atoms with Gasteiger partial charge in [-0.15, -0.1) is 0 Å². The van der Waals surface area contributed by atoms with Crippen LogP contribution in [0.15, 0.2) is 0 Å². The number of epoxide rings is 1. The van der Waals surface area contributed by atoms with Gasteiger partial charge in [-0.3, -0.25) is 4.79 Å². The molecule has 1 amide bonds. The van der Waals surface area contributed by atoms with Crippen LogP contribution in [0.4, 0.5) is 0 Å². The molecule has 1 aliphatic rings. The summed E-state index contributed by atoms with van der Waals surface area (Å²) in [4.78, 5) is 22.3. The number of rotatable bonds is 15. The van der Waals surface area contributed by atoms with Gasteiger partial charge in [0.15, 0.2) is 0 Å². The standard InChI is InChI=1S/C16H29IN2O5/c1-12(2)18-6-8-22-9-10-23-11-14(21)19-13(5-3-4-7-20)15-16(17)24-15/h7,12-13,15-16,18H,3-6,8-11H2,1-2H3,(H,19,21). The van der Waals surface area contributed by atoms with Crippen LogP contribution in [0.1, 0.15) is 33.1 Å². The van der Waals surface area contributed by atoms with Crippen LogP contribution in [0.3, 0.4) is 0 Å². The largest absolute Gasteiger partial charge is 0.378 e. The van der Waals surface area contributed by atoms with Crippen LogP contribution in [0, 0.1) is 0 Å². The average molecular weight is 456 g/mol. The highest BCUT2D eigenvalue weighted by Gasteiger charge is 2.43. The van der Waals surface area contributed by atoms with Crippen molar-refractivity contribution in [1.29, 1.82) is 0 Å². The van der Waals surface area contributed by atoms with E-state index in [0.717, 1.165) is 25.7 Å². The Labute approximate surface area is 157 Å². The lowest BCUT2D eigenvalue weighted by atomic mass is 10.1. The second kappa shape index (κ2) is 13.0. The molecular weight excluding hydrogens is 427 g/mol. The van der Waals surface area contributed by atoms with Crippen molar-refractivity contribution in [3.05, 3.63) is 0 Å². The molecule has 0 aromatic rings. The summed E-state index contributed by atoms with van der Waals surface area (Å²) < 4.78 is 16.3. The normalized spacial score (nSPS) is 20.8. The number of halogens is 1. The first kappa shape index (κ1) is 21.8. The number of aldehydes is 1. The number of ether oxygens (including phenoxy) is 3. The van der Waals surface area contributed by atoms with Crippen molar-refractivity contribution in [2.45, 2.75) is 55.4 Å². The third-order valence-electron chi connectivity index (χ3n) is 3.45. The van der Waals surface area contributed by atoms with E-state index in [2.05, 4.69) is 47.1 Å². The number of nitrogens with one attached hydrogen (secondary N) is 2. The molecule has 140 valence electrons. The lowest BCUT2D eigenvalue weighted by Crippen LogP contribution is -2.41. The second-order valence-electron chi connectivity index (χ2n) is 6.00. The van der Waals surface area contributed by atoms with E-state index in [1.807, 2.05) is 0 Å². The van der Waals surface area contributed by atoms with Gasteiger partial charge in [-0.05, 0) is 35.4 Å². The summed E-state index contributed by atoms with van der Waals surface area (Å²) >= 11 is 2.20. The summed E-state index contributed by atoms with van der Waals surface area (Å²) in [5.41, 5.74) is 0. The fraction of sp³-hybridized carbons (Fsp3) is 0.875. The molecule has 24 heavy (non-hydrogen) atoms. The van der Waals surface area contributed by atoms with Gasteiger partial charge in [-0.2, -0.15) is 0 Å². The Hall–Kier alpha value is -0.290. The van der Waals surface area contributed by atoms with Gasteiger partial charge in [0.2, 0.25) is 5.91 Å². The maximum absolute atomic E-state index is 11.9. The molecule has 3 unspecified atom stereocenters. The van der Waals surface area contributed by atoms with E-state index in [-0.39, 0.29) is 28.8 Å². The quantitative estimate of drug-likeness (QED) is 0.126. The molecule has 0 spiro atoms. The summed E-state index contributed by atoms with van der Waals surface area (Å²) in [5, 5.41) is 6.18.